The second-order valence-electron chi connectivity index (χ2n) is 5.86. The van der Waals surface area contributed by atoms with E-state index in [4.69, 9.17) is 4.52 Å². The third kappa shape index (κ3) is 4.39. The van der Waals surface area contributed by atoms with Crippen molar-refractivity contribution in [2.45, 2.75) is 38.5 Å². The Balaban J connectivity index is 1.44. The molecule has 4 nitrogen and oxygen atoms in total. The van der Waals surface area contributed by atoms with Gasteiger partial charge in [-0.2, -0.15) is 4.98 Å². The van der Waals surface area contributed by atoms with Crippen molar-refractivity contribution in [3.8, 4) is 0 Å². The number of hydrogen-bond acceptors (Lipinski definition) is 4. The molecule has 0 saturated carbocycles. The fourth-order valence-corrected chi connectivity index (χ4v) is 2.92. The summed E-state index contributed by atoms with van der Waals surface area (Å²) in [5, 5.41) is 7.55. The molecule has 0 amide bonds. The normalized spacial score (nSPS) is 18.8. The number of nitrogens with zero attached hydrogens (tertiary/aromatic N) is 2. The Hall–Kier alpha value is -1.68. The van der Waals surface area contributed by atoms with E-state index >= 15 is 0 Å². The maximum absolute atomic E-state index is 5.36. The molecule has 1 aliphatic rings. The number of piperidine rings is 1. The number of hydrogen-bond donors (Lipinski definition) is 1. The summed E-state index contributed by atoms with van der Waals surface area (Å²) < 4.78 is 5.36. The summed E-state index contributed by atoms with van der Waals surface area (Å²) in [6.45, 7) is 2.23. The first-order valence-corrected chi connectivity index (χ1v) is 7.96. The summed E-state index contributed by atoms with van der Waals surface area (Å²) >= 11 is 0. The molecule has 3 rings (SSSR count). The Labute approximate surface area is 126 Å². The first-order chi connectivity index (χ1) is 10.4. The van der Waals surface area contributed by atoms with Gasteiger partial charge in [0.2, 0.25) is 5.89 Å². The summed E-state index contributed by atoms with van der Waals surface area (Å²) in [5.41, 5.74) is 1.37. The van der Waals surface area contributed by atoms with Gasteiger partial charge in [-0.05, 0) is 50.3 Å². The molecule has 0 aliphatic carbocycles. The van der Waals surface area contributed by atoms with Crippen molar-refractivity contribution < 1.29 is 4.52 Å². The Morgan fingerprint density at radius 2 is 2.10 bits per heavy atom. The molecule has 1 saturated heterocycles. The molecule has 0 spiro atoms. The summed E-state index contributed by atoms with van der Waals surface area (Å²) in [4.78, 5) is 4.53. The van der Waals surface area contributed by atoms with Gasteiger partial charge in [-0.3, -0.25) is 0 Å². The second-order valence-corrected chi connectivity index (χ2v) is 5.86. The van der Waals surface area contributed by atoms with Gasteiger partial charge in [0.25, 0.3) is 0 Å². The van der Waals surface area contributed by atoms with Crippen molar-refractivity contribution in [3.05, 3.63) is 47.6 Å². The van der Waals surface area contributed by atoms with Crippen LogP contribution in [0.2, 0.25) is 0 Å². The first kappa shape index (κ1) is 14.3. The zero-order chi connectivity index (χ0) is 14.3. The molecule has 0 radical (unpaired) electrons. The number of rotatable bonds is 6. The van der Waals surface area contributed by atoms with Gasteiger partial charge in [-0.1, -0.05) is 35.5 Å². The highest BCUT2D eigenvalue weighted by atomic mass is 16.5. The minimum absolute atomic E-state index is 0.661. The molecule has 1 aromatic carbocycles. The lowest BCUT2D eigenvalue weighted by Crippen LogP contribution is -2.31. The average molecular weight is 285 g/mol. The van der Waals surface area contributed by atoms with Crippen molar-refractivity contribution >= 4 is 0 Å². The molecule has 1 fully saturated rings. The van der Waals surface area contributed by atoms with E-state index in [1.54, 1.807) is 0 Å². The molecular formula is C17H23N3O. The Kier molecular flexibility index (Phi) is 5.00. The third-order valence-corrected chi connectivity index (χ3v) is 4.08. The van der Waals surface area contributed by atoms with Crippen LogP contribution in [-0.2, 0) is 19.3 Å². The molecule has 1 atom stereocenters. The van der Waals surface area contributed by atoms with Crippen molar-refractivity contribution in [1.82, 2.24) is 15.5 Å². The van der Waals surface area contributed by atoms with Crippen molar-refractivity contribution in [3.63, 3.8) is 0 Å². The Morgan fingerprint density at radius 3 is 2.90 bits per heavy atom. The van der Waals surface area contributed by atoms with Crippen LogP contribution in [0.15, 0.2) is 34.9 Å². The molecule has 21 heavy (non-hydrogen) atoms. The van der Waals surface area contributed by atoms with E-state index in [0.29, 0.717) is 5.92 Å². The number of nitrogens with one attached hydrogen (secondary N) is 1. The average Bonchev–Trinajstić information content (AvgIpc) is 2.97. The van der Waals surface area contributed by atoms with Crippen LogP contribution in [0.5, 0.6) is 0 Å². The lowest BCUT2D eigenvalue weighted by Gasteiger charge is -2.20. The van der Waals surface area contributed by atoms with E-state index < -0.39 is 0 Å². The van der Waals surface area contributed by atoms with Gasteiger partial charge in [-0.15, -0.1) is 0 Å². The third-order valence-electron chi connectivity index (χ3n) is 4.08. The maximum atomic E-state index is 5.36. The SMILES string of the molecule is c1ccc(CCCc2nc(CC3CCCNC3)no2)cc1. The topological polar surface area (TPSA) is 51.0 Å². The monoisotopic (exact) mass is 285 g/mol. The van der Waals surface area contributed by atoms with E-state index in [1.165, 1.54) is 18.4 Å². The molecule has 1 aliphatic heterocycles. The highest BCUT2D eigenvalue weighted by Gasteiger charge is 2.16. The maximum Gasteiger partial charge on any atom is 0.226 e. The van der Waals surface area contributed by atoms with Crippen LogP contribution in [0.4, 0.5) is 0 Å². The highest BCUT2D eigenvalue weighted by Crippen LogP contribution is 2.15. The van der Waals surface area contributed by atoms with Crippen LogP contribution in [0, 0.1) is 5.92 Å². The van der Waals surface area contributed by atoms with E-state index in [9.17, 15) is 0 Å². The van der Waals surface area contributed by atoms with Crippen LogP contribution in [0.25, 0.3) is 0 Å². The van der Waals surface area contributed by atoms with Crippen molar-refractivity contribution in [2.75, 3.05) is 13.1 Å². The van der Waals surface area contributed by atoms with Gasteiger partial charge < -0.3 is 9.84 Å². The molecule has 112 valence electrons. The fourth-order valence-electron chi connectivity index (χ4n) is 2.92. The highest BCUT2D eigenvalue weighted by molar-refractivity contribution is 5.14. The van der Waals surface area contributed by atoms with Crippen LogP contribution in [0.3, 0.4) is 0 Å². The largest absolute Gasteiger partial charge is 0.339 e. The van der Waals surface area contributed by atoms with Gasteiger partial charge in [0.1, 0.15) is 0 Å². The minimum Gasteiger partial charge on any atom is -0.339 e. The van der Waals surface area contributed by atoms with Crippen molar-refractivity contribution in [2.24, 2.45) is 5.92 Å². The van der Waals surface area contributed by atoms with E-state index in [-0.39, 0.29) is 0 Å². The summed E-state index contributed by atoms with van der Waals surface area (Å²) in [7, 11) is 0. The Morgan fingerprint density at radius 1 is 1.19 bits per heavy atom. The zero-order valence-electron chi connectivity index (χ0n) is 12.4. The summed E-state index contributed by atoms with van der Waals surface area (Å²) in [6, 6.07) is 10.5. The number of benzene rings is 1. The van der Waals surface area contributed by atoms with Gasteiger partial charge in [-0.25, -0.2) is 0 Å². The molecule has 1 unspecified atom stereocenters. The molecule has 0 bridgehead atoms. The molecule has 2 heterocycles. The van der Waals surface area contributed by atoms with E-state index in [0.717, 1.165) is 50.5 Å². The molecule has 1 aromatic heterocycles. The molecule has 1 N–H and O–H groups in total. The molecular weight excluding hydrogens is 262 g/mol. The van der Waals surface area contributed by atoms with Crippen LogP contribution in [-0.4, -0.2) is 23.2 Å². The van der Waals surface area contributed by atoms with Gasteiger partial charge in [0.15, 0.2) is 5.82 Å². The fraction of sp³-hybridized carbons (Fsp3) is 0.529. The standard InChI is InChI=1S/C17H23N3O/c1-2-6-14(7-3-1)8-4-10-17-19-16(20-21-17)12-15-9-5-11-18-13-15/h1-3,6-7,15,18H,4-5,8-13H2. The first-order valence-electron chi connectivity index (χ1n) is 7.96. The predicted octanol–water partition coefficient (Wildman–Crippen LogP) is 2.79. The Bertz CT molecular complexity index is 532. The minimum atomic E-state index is 0.661. The van der Waals surface area contributed by atoms with Crippen LogP contribution < -0.4 is 5.32 Å². The van der Waals surface area contributed by atoms with E-state index in [2.05, 4.69) is 39.7 Å². The summed E-state index contributed by atoms with van der Waals surface area (Å²) in [5.74, 6) is 2.32. The van der Waals surface area contributed by atoms with Crippen LogP contribution >= 0.6 is 0 Å². The lowest BCUT2D eigenvalue weighted by molar-refractivity contribution is 0.348. The summed E-state index contributed by atoms with van der Waals surface area (Å²) in [6.07, 6.45) is 6.44. The predicted molar refractivity (Wildman–Crippen MR) is 82.1 cm³/mol. The van der Waals surface area contributed by atoms with Gasteiger partial charge in [0.05, 0.1) is 0 Å². The molecule has 4 heteroatoms. The van der Waals surface area contributed by atoms with E-state index in [1.807, 2.05) is 6.07 Å². The van der Waals surface area contributed by atoms with Crippen LogP contribution in [0.1, 0.15) is 36.5 Å². The lowest BCUT2D eigenvalue weighted by atomic mass is 9.96. The number of aryl methyl sites for hydroxylation is 2. The zero-order valence-corrected chi connectivity index (χ0v) is 12.4. The van der Waals surface area contributed by atoms with Crippen molar-refractivity contribution in [1.29, 1.82) is 0 Å². The number of aromatic nitrogens is 2. The smallest absolute Gasteiger partial charge is 0.226 e. The van der Waals surface area contributed by atoms with Gasteiger partial charge >= 0.3 is 0 Å². The van der Waals surface area contributed by atoms with Gasteiger partial charge in [0, 0.05) is 12.8 Å². The quantitative estimate of drug-likeness (QED) is 0.886. The molecule has 2 aromatic rings. The second kappa shape index (κ2) is 7.36.